The fourth-order valence-electron chi connectivity index (χ4n) is 3.38. The number of carbonyl (C=O) groups is 1. The number of piperazine rings is 1. The smallest absolute Gasteiger partial charge is 0.274 e. The van der Waals surface area contributed by atoms with Crippen molar-refractivity contribution in [3.05, 3.63) is 72.3 Å². The molecule has 1 aromatic carbocycles. The monoisotopic (exact) mass is 388 g/mol. The predicted octanol–water partition coefficient (Wildman–Crippen LogP) is 3.01. The Morgan fingerprint density at radius 1 is 0.931 bits per heavy atom. The Balaban J connectivity index is 1.40. The molecule has 0 saturated carbocycles. The molecule has 0 atom stereocenters. The van der Waals surface area contributed by atoms with Crippen LogP contribution in [0.2, 0.25) is 0 Å². The minimum absolute atomic E-state index is 0.201. The Bertz CT molecular complexity index is 953. The van der Waals surface area contributed by atoms with Crippen molar-refractivity contribution in [2.45, 2.75) is 13.3 Å². The van der Waals surface area contributed by atoms with E-state index in [1.807, 2.05) is 42.5 Å². The van der Waals surface area contributed by atoms with Gasteiger partial charge in [-0.3, -0.25) is 9.78 Å². The number of aromatic nitrogens is 3. The molecule has 1 fully saturated rings. The summed E-state index contributed by atoms with van der Waals surface area (Å²) in [5.74, 6) is 0.559. The molecule has 1 aliphatic heterocycles. The van der Waals surface area contributed by atoms with Gasteiger partial charge in [-0.1, -0.05) is 19.1 Å². The van der Waals surface area contributed by atoms with Crippen LogP contribution in [-0.4, -0.2) is 47.0 Å². The van der Waals surface area contributed by atoms with Gasteiger partial charge in [-0.15, -0.1) is 0 Å². The summed E-state index contributed by atoms with van der Waals surface area (Å²) in [7, 11) is 0. The van der Waals surface area contributed by atoms with Crippen LogP contribution in [0.15, 0.2) is 61.1 Å². The predicted molar refractivity (Wildman–Crippen MR) is 114 cm³/mol. The van der Waals surface area contributed by atoms with E-state index >= 15 is 0 Å². The highest BCUT2D eigenvalue weighted by molar-refractivity contribution is 6.03. The molecule has 7 heteroatoms. The van der Waals surface area contributed by atoms with Gasteiger partial charge in [0.05, 0.1) is 0 Å². The topological polar surface area (TPSA) is 74.2 Å². The average Bonchev–Trinajstić information content (AvgIpc) is 2.80. The summed E-state index contributed by atoms with van der Waals surface area (Å²) in [6.07, 6.45) is 6.19. The molecule has 1 N–H and O–H groups in total. The summed E-state index contributed by atoms with van der Waals surface area (Å²) in [5, 5.41) is 2.92. The number of carbonyl (C=O) groups excluding carboxylic acids is 1. The Morgan fingerprint density at radius 2 is 1.62 bits per heavy atom. The van der Waals surface area contributed by atoms with Gasteiger partial charge in [0.2, 0.25) is 5.95 Å². The first-order valence-electron chi connectivity index (χ1n) is 9.86. The third-order valence-electron chi connectivity index (χ3n) is 5.08. The lowest BCUT2D eigenvalue weighted by molar-refractivity contribution is 0.102. The zero-order valence-electron chi connectivity index (χ0n) is 16.5. The van der Waals surface area contributed by atoms with Crippen molar-refractivity contribution in [1.29, 1.82) is 0 Å². The molecular formula is C22H24N6O. The molecule has 1 amide bonds. The van der Waals surface area contributed by atoms with E-state index in [0.717, 1.165) is 49.9 Å². The van der Waals surface area contributed by atoms with Crippen molar-refractivity contribution in [3.8, 4) is 0 Å². The van der Waals surface area contributed by atoms with Crippen molar-refractivity contribution in [1.82, 2.24) is 15.0 Å². The minimum atomic E-state index is -0.201. The summed E-state index contributed by atoms with van der Waals surface area (Å²) < 4.78 is 0. The molecule has 148 valence electrons. The van der Waals surface area contributed by atoms with E-state index in [1.54, 1.807) is 18.6 Å². The van der Waals surface area contributed by atoms with E-state index in [-0.39, 0.29) is 5.91 Å². The summed E-state index contributed by atoms with van der Waals surface area (Å²) >= 11 is 0. The molecule has 0 spiro atoms. The van der Waals surface area contributed by atoms with E-state index in [9.17, 15) is 4.79 Å². The maximum absolute atomic E-state index is 12.6. The summed E-state index contributed by atoms with van der Waals surface area (Å²) in [6.45, 7) is 5.44. The van der Waals surface area contributed by atoms with Crippen LogP contribution in [0.3, 0.4) is 0 Å². The number of benzene rings is 1. The zero-order chi connectivity index (χ0) is 20.1. The number of amides is 1. The van der Waals surface area contributed by atoms with Gasteiger partial charge in [-0.05, 0) is 42.3 Å². The number of rotatable bonds is 5. The second-order valence-electron chi connectivity index (χ2n) is 6.93. The van der Waals surface area contributed by atoms with Gasteiger partial charge in [-0.25, -0.2) is 9.97 Å². The largest absolute Gasteiger partial charge is 0.368 e. The molecule has 7 nitrogen and oxygen atoms in total. The lowest BCUT2D eigenvalue weighted by Gasteiger charge is -2.36. The van der Waals surface area contributed by atoms with Crippen LogP contribution in [0.1, 0.15) is 23.0 Å². The average molecular weight is 388 g/mol. The molecule has 2 aromatic heterocycles. The number of anilines is 3. The van der Waals surface area contributed by atoms with Gasteiger partial charge < -0.3 is 15.1 Å². The first-order chi connectivity index (χ1) is 14.2. The van der Waals surface area contributed by atoms with Crippen molar-refractivity contribution in [2.24, 2.45) is 0 Å². The minimum Gasteiger partial charge on any atom is -0.368 e. The van der Waals surface area contributed by atoms with Crippen LogP contribution >= 0.6 is 0 Å². The van der Waals surface area contributed by atoms with Gasteiger partial charge in [0, 0.05) is 56.1 Å². The van der Waals surface area contributed by atoms with Crippen LogP contribution in [-0.2, 0) is 6.42 Å². The molecule has 3 aromatic rings. The highest BCUT2D eigenvalue weighted by Gasteiger charge is 2.20. The molecule has 3 heterocycles. The van der Waals surface area contributed by atoms with Crippen LogP contribution in [0, 0.1) is 0 Å². The van der Waals surface area contributed by atoms with Crippen LogP contribution in [0.4, 0.5) is 17.3 Å². The number of pyridine rings is 1. The highest BCUT2D eigenvalue weighted by Crippen LogP contribution is 2.19. The quantitative estimate of drug-likeness (QED) is 0.724. The number of hydrogen-bond donors (Lipinski definition) is 1. The van der Waals surface area contributed by atoms with Crippen LogP contribution < -0.4 is 15.1 Å². The molecule has 29 heavy (non-hydrogen) atoms. The van der Waals surface area contributed by atoms with E-state index in [4.69, 9.17) is 0 Å². The number of nitrogens with zero attached hydrogens (tertiary/aromatic N) is 5. The molecule has 4 rings (SSSR count). The third kappa shape index (κ3) is 4.51. The molecule has 0 aliphatic carbocycles. The van der Waals surface area contributed by atoms with E-state index < -0.39 is 0 Å². The molecule has 0 radical (unpaired) electrons. The second-order valence-corrected chi connectivity index (χ2v) is 6.93. The Kier molecular flexibility index (Phi) is 5.65. The van der Waals surface area contributed by atoms with Gasteiger partial charge in [-0.2, -0.15) is 0 Å². The molecular weight excluding hydrogens is 364 g/mol. The van der Waals surface area contributed by atoms with Crippen molar-refractivity contribution in [3.63, 3.8) is 0 Å². The lowest BCUT2D eigenvalue weighted by atomic mass is 10.1. The second kappa shape index (κ2) is 8.68. The Hall–Kier alpha value is -3.48. The van der Waals surface area contributed by atoms with Gasteiger partial charge in [0.1, 0.15) is 5.69 Å². The van der Waals surface area contributed by atoms with Crippen molar-refractivity contribution >= 4 is 23.2 Å². The molecule has 1 saturated heterocycles. The fraction of sp³-hybridized carbons (Fsp3) is 0.273. The number of aryl methyl sites for hydroxylation is 1. The Labute approximate surface area is 170 Å². The molecule has 0 bridgehead atoms. The summed E-state index contributed by atoms with van der Waals surface area (Å²) in [4.78, 5) is 30.0. The standard InChI is InChI=1S/C22H24N6O/c1-2-17-4-6-18(7-5-17)26-21(29)20-16-19(8-11-23-20)27-12-14-28(15-13-27)22-24-9-3-10-25-22/h3-11,16H,2,12-15H2,1H3,(H,26,29). The molecule has 1 aliphatic rings. The highest BCUT2D eigenvalue weighted by atomic mass is 16.1. The fourth-order valence-corrected chi connectivity index (χ4v) is 3.38. The maximum Gasteiger partial charge on any atom is 0.274 e. The van der Waals surface area contributed by atoms with E-state index in [1.165, 1.54) is 5.56 Å². The summed E-state index contributed by atoms with van der Waals surface area (Å²) in [6, 6.07) is 13.5. The van der Waals surface area contributed by atoms with E-state index in [0.29, 0.717) is 5.69 Å². The van der Waals surface area contributed by atoms with Crippen molar-refractivity contribution in [2.75, 3.05) is 41.3 Å². The first-order valence-corrected chi connectivity index (χ1v) is 9.86. The first kappa shape index (κ1) is 18.9. The van der Waals surface area contributed by atoms with Gasteiger partial charge in [0.15, 0.2) is 0 Å². The lowest BCUT2D eigenvalue weighted by Crippen LogP contribution is -2.47. The van der Waals surface area contributed by atoms with E-state index in [2.05, 4.69) is 37.0 Å². The van der Waals surface area contributed by atoms with Gasteiger partial charge >= 0.3 is 0 Å². The normalized spacial score (nSPS) is 14.0. The van der Waals surface area contributed by atoms with Gasteiger partial charge in [0.25, 0.3) is 5.91 Å². The zero-order valence-corrected chi connectivity index (χ0v) is 16.5. The van der Waals surface area contributed by atoms with Crippen LogP contribution in [0.25, 0.3) is 0 Å². The SMILES string of the molecule is CCc1ccc(NC(=O)c2cc(N3CCN(c4ncccn4)CC3)ccn2)cc1. The summed E-state index contributed by atoms with van der Waals surface area (Å²) in [5.41, 5.74) is 3.43. The number of hydrogen-bond acceptors (Lipinski definition) is 6. The van der Waals surface area contributed by atoms with Crippen LogP contribution in [0.5, 0.6) is 0 Å². The molecule has 0 unspecified atom stereocenters. The van der Waals surface area contributed by atoms with Crippen molar-refractivity contribution < 1.29 is 4.79 Å². The maximum atomic E-state index is 12.6. The third-order valence-corrected chi connectivity index (χ3v) is 5.08. The Morgan fingerprint density at radius 3 is 2.31 bits per heavy atom. The number of nitrogens with one attached hydrogen (secondary N) is 1.